The molecule has 0 radical (unpaired) electrons. The average Bonchev–Trinajstić information content (AvgIpc) is 2.25. The van der Waals surface area contributed by atoms with Crippen LogP contribution in [0, 0.1) is 0 Å². The van der Waals surface area contributed by atoms with E-state index in [2.05, 4.69) is 5.10 Å². The van der Waals surface area contributed by atoms with Gasteiger partial charge in [-0.05, 0) is 0 Å². The molecular formula is C11H12BF3N2O. The Morgan fingerprint density at radius 1 is 1.22 bits per heavy atom. The molecule has 1 aromatic rings. The number of ketones is 1. The van der Waals surface area contributed by atoms with Gasteiger partial charge in [0.2, 0.25) is 0 Å². The van der Waals surface area contributed by atoms with Gasteiger partial charge in [0.05, 0.1) is 0 Å². The van der Waals surface area contributed by atoms with Gasteiger partial charge in [-0.1, -0.05) is 29.7 Å². The molecule has 0 spiro atoms. The summed E-state index contributed by atoms with van der Waals surface area (Å²) in [7, 11) is 4.72. The van der Waals surface area contributed by atoms with Crippen molar-refractivity contribution in [1.29, 1.82) is 0 Å². The Morgan fingerprint density at radius 2 is 1.72 bits per heavy atom. The fraction of sp³-hybridized carbons (Fsp3) is 0.273. The first-order chi connectivity index (χ1) is 8.21. The number of benzene rings is 1. The zero-order valence-electron chi connectivity index (χ0n) is 10.2. The maximum atomic E-state index is 12.5. The zero-order chi connectivity index (χ0) is 13.9. The standard InChI is InChI=1S/C11H12BF3N2O/c1-17(2)16-9(10(18)11(13,14)15)7-3-5-8(12)6-4-7/h3-6H,12H2,1-2H3/b16-9+. The third-order valence-electron chi connectivity index (χ3n) is 2.10. The molecule has 0 N–H and O–H groups in total. The quantitative estimate of drug-likeness (QED) is 0.444. The summed E-state index contributed by atoms with van der Waals surface area (Å²) in [6, 6.07) is 6.15. The highest BCUT2D eigenvalue weighted by atomic mass is 19.4. The number of rotatable bonds is 3. The lowest BCUT2D eigenvalue weighted by molar-refractivity contribution is -0.163. The molecule has 0 heterocycles. The van der Waals surface area contributed by atoms with Crippen LogP contribution in [0.3, 0.4) is 0 Å². The van der Waals surface area contributed by atoms with E-state index in [-0.39, 0.29) is 5.56 Å². The zero-order valence-corrected chi connectivity index (χ0v) is 10.2. The Hall–Kier alpha value is -1.79. The molecule has 3 nitrogen and oxygen atoms in total. The van der Waals surface area contributed by atoms with Gasteiger partial charge >= 0.3 is 6.18 Å². The molecule has 0 aromatic heterocycles. The summed E-state index contributed by atoms with van der Waals surface area (Å²) in [5.74, 6) is -1.94. The van der Waals surface area contributed by atoms with Crippen molar-refractivity contribution in [3.8, 4) is 0 Å². The number of carbonyl (C=O) groups is 1. The number of hydrogen-bond acceptors (Lipinski definition) is 3. The van der Waals surface area contributed by atoms with Crippen molar-refractivity contribution in [1.82, 2.24) is 5.01 Å². The van der Waals surface area contributed by atoms with Gasteiger partial charge in [-0.2, -0.15) is 18.3 Å². The lowest BCUT2D eigenvalue weighted by Gasteiger charge is -2.12. The van der Waals surface area contributed by atoms with Crippen molar-refractivity contribution < 1.29 is 18.0 Å². The maximum Gasteiger partial charge on any atom is 0.456 e. The molecule has 7 heteroatoms. The van der Waals surface area contributed by atoms with Crippen molar-refractivity contribution >= 4 is 24.8 Å². The highest BCUT2D eigenvalue weighted by Crippen LogP contribution is 2.19. The van der Waals surface area contributed by atoms with Crippen molar-refractivity contribution in [2.24, 2.45) is 5.10 Å². The predicted octanol–water partition coefficient (Wildman–Crippen LogP) is 0.342. The highest BCUT2D eigenvalue weighted by molar-refractivity contribution is 6.48. The number of Topliss-reactive ketones (excluding diaryl/α,β-unsaturated/α-hetero) is 1. The minimum Gasteiger partial charge on any atom is -0.302 e. The fourth-order valence-corrected chi connectivity index (χ4v) is 1.28. The van der Waals surface area contributed by atoms with Gasteiger partial charge < -0.3 is 5.01 Å². The number of nitrogens with zero attached hydrogens (tertiary/aromatic N) is 2. The van der Waals surface area contributed by atoms with E-state index >= 15 is 0 Å². The fourth-order valence-electron chi connectivity index (χ4n) is 1.28. The van der Waals surface area contributed by atoms with Gasteiger partial charge in [0, 0.05) is 19.7 Å². The molecule has 0 saturated heterocycles. The molecule has 0 atom stereocenters. The van der Waals surface area contributed by atoms with Gasteiger partial charge in [0.1, 0.15) is 13.6 Å². The molecule has 0 aliphatic heterocycles. The summed E-state index contributed by atoms with van der Waals surface area (Å²) in [5, 5.41) is 4.79. The second kappa shape index (κ2) is 5.24. The molecule has 96 valence electrons. The lowest BCUT2D eigenvalue weighted by Crippen LogP contribution is -2.33. The van der Waals surface area contributed by atoms with Crippen LogP contribution in [0.1, 0.15) is 5.56 Å². The van der Waals surface area contributed by atoms with Crippen LogP contribution in [-0.2, 0) is 4.79 Å². The van der Waals surface area contributed by atoms with E-state index in [0.29, 0.717) is 0 Å². The van der Waals surface area contributed by atoms with E-state index in [0.717, 1.165) is 5.46 Å². The van der Waals surface area contributed by atoms with E-state index in [1.807, 2.05) is 0 Å². The smallest absolute Gasteiger partial charge is 0.302 e. The van der Waals surface area contributed by atoms with Crippen molar-refractivity contribution in [2.45, 2.75) is 6.18 Å². The summed E-state index contributed by atoms with van der Waals surface area (Å²) in [4.78, 5) is 11.3. The van der Waals surface area contributed by atoms with Crippen molar-refractivity contribution in [3.63, 3.8) is 0 Å². The number of halogens is 3. The van der Waals surface area contributed by atoms with Crippen molar-refractivity contribution in [3.05, 3.63) is 29.8 Å². The summed E-state index contributed by atoms with van der Waals surface area (Å²) >= 11 is 0. The molecular weight excluding hydrogens is 244 g/mol. The molecule has 0 saturated carbocycles. The molecule has 0 unspecified atom stereocenters. The summed E-state index contributed by atoms with van der Waals surface area (Å²) in [5.41, 5.74) is 0.437. The highest BCUT2D eigenvalue weighted by Gasteiger charge is 2.42. The summed E-state index contributed by atoms with van der Waals surface area (Å²) in [6.07, 6.45) is -4.93. The summed E-state index contributed by atoms with van der Waals surface area (Å²) in [6.45, 7) is 0. The number of carbonyl (C=O) groups excluding carboxylic acids is 1. The molecule has 0 bridgehead atoms. The first kappa shape index (κ1) is 14.3. The molecule has 1 aromatic carbocycles. The second-order valence-corrected chi connectivity index (χ2v) is 3.99. The average molecular weight is 256 g/mol. The Morgan fingerprint density at radius 3 is 2.11 bits per heavy atom. The minimum atomic E-state index is -4.93. The van der Waals surface area contributed by atoms with Gasteiger partial charge in [0.25, 0.3) is 5.78 Å². The largest absolute Gasteiger partial charge is 0.456 e. The Kier molecular flexibility index (Phi) is 4.16. The summed E-state index contributed by atoms with van der Waals surface area (Å²) < 4.78 is 37.4. The Bertz CT molecular complexity index is 466. The second-order valence-electron chi connectivity index (χ2n) is 3.99. The molecule has 18 heavy (non-hydrogen) atoms. The van der Waals surface area contributed by atoms with Gasteiger partial charge in [-0.15, -0.1) is 0 Å². The normalized spacial score (nSPS) is 12.4. The third-order valence-corrected chi connectivity index (χ3v) is 2.10. The van der Waals surface area contributed by atoms with Crippen LogP contribution in [0.4, 0.5) is 13.2 Å². The number of hydrazone groups is 1. The topological polar surface area (TPSA) is 32.7 Å². The SMILES string of the molecule is Bc1ccc(/C(=N\N(C)C)C(=O)C(F)(F)F)cc1. The van der Waals surface area contributed by atoms with Crippen LogP contribution in [0.15, 0.2) is 29.4 Å². The molecule has 0 aliphatic carbocycles. The Balaban J connectivity index is 3.23. The third kappa shape index (κ3) is 3.61. The van der Waals surface area contributed by atoms with Gasteiger partial charge in [-0.3, -0.25) is 4.79 Å². The van der Waals surface area contributed by atoms with E-state index < -0.39 is 17.7 Å². The first-order valence-electron chi connectivity index (χ1n) is 5.16. The minimum absolute atomic E-state index is 0.150. The molecule has 1 rings (SSSR count). The van der Waals surface area contributed by atoms with Crippen LogP contribution in [-0.4, -0.2) is 44.6 Å². The van der Waals surface area contributed by atoms with Gasteiger partial charge in [0.15, 0.2) is 0 Å². The van der Waals surface area contributed by atoms with Gasteiger partial charge in [-0.25, -0.2) is 0 Å². The lowest BCUT2D eigenvalue weighted by atomic mass is 9.94. The monoisotopic (exact) mass is 256 g/mol. The van der Waals surface area contributed by atoms with E-state index in [1.54, 1.807) is 20.0 Å². The van der Waals surface area contributed by atoms with Crippen LogP contribution in [0.25, 0.3) is 0 Å². The van der Waals surface area contributed by atoms with E-state index in [4.69, 9.17) is 0 Å². The maximum absolute atomic E-state index is 12.5. The van der Waals surface area contributed by atoms with Crippen molar-refractivity contribution in [2.75, 3.05) is 14.1 Å². The number of hydrogen-bond donors (Lipinski definition) is 0. The predicted molar refractivity (Wildman–Crippen MR) is 65.9 cm³/mol. The first-order valence-corrected chi connectivity index (χ1v) is 5.16. The molecule has 0 fully saturated rings. The van der Waals surface area contributed by atoms with Crippen LogP contribution in [0.5, 0.6) is 0 Å². The van der Waals surface area contributed by atoms with E-state index in [1.165, 1.54) is 31.2 Å². The van der Waals surface area contributed by atoms with Crippen LogP contribution in [0.2, 0.25) is 0 Å². The molecule has 0 aliphatic rings. The molecule has 0 amide bonds. The van der Waals surface area contributed by atoms with Crippen LogP contribution >= 0.6 is 0 Å². The van der Waals surface area contributed by atoms with E-state index in [9.17, 15) is 18.0 Å². The Labute approximate surface area is 104 Å². The van der Waals surface area contributed by atoms with Crippen LogP contribution < -0.4 is 5.46 Å². The number of alkyl halides is 3.